The number of benzene rings is 1. The highest BCUT2D eigenvalue weighted by Gasteiger charge is 2.22. The molecule has 0 unspecified atom stereocenters. The van der Waals surface area contributed by atoms with E-state index in [1.807, 2.05) is 19.9 Å². The maximum Gasteiger partial charge on any atom is 0.332 e. The largest absolute Gasteiger partial charge is 0.467 e. The molecule has 1 N–H and O–H groups in total. The van der Waals surface area contributed by atoms with Gasteiger partial charge in [0, 0.05) is 6.54 Å². The van der Waals surface area contributed by atoms with E-state index in [2.05, 4.69) is 10.4 Å². The molecule has 4 rings (SSSR count). The Morgan fingerprint density at radius 1 is 1.16 bits per heavy atom. The van der Waals surface area contributed by atoms with Crippen molar-refractivity contribution in [1.82, 2.24) is 18.9 Å². The van der Waals surface area contributed by atoms with Gasteiger partial charge >= 0.3 is 5.69 Å². The highest BCUT2D eigenvalue weighted by Crippen LogP contribution is 2.23. The third kappa shape index (κ3) is 3.87. The second-order valence-electron chi connectivity index (χ2n) is 7.47. The highest BCUT2D eigenvalue weighted by molar-refractivity contribution is 6.33. The smallest absolute Gasteiger partial charge is 0.332 e. The van der Waals surface area contributed by atoms with Gasteiger partial charge < -0.3 is 9.73 Å². The number of carbonyl (C=O) groups is 1. The molecule has 9 nitrogen and oxygen atoms in total. The predicted octanol–water partition coefficient (Wildman–Crippen LogP) is 2.93. The summed E-state index contributed by atoms with van der Waals surface area (Å²) in [5, 5.41) is 7.52. The van der Waals surface area contributed by atoms with Crippen molar-refractivity contribution >= 4 is 34.2 Å². The van der Waals surface area contributed by atoms with Crippen LogP contribution in [0.1, 0.15) is 23.9 Å². The number of aromatic nitrogens is 4. The van der Waals surface area contributed by atoms with Crippen molar-refractivity contribution in [2.45, 2.75) is 40.4 Å². The van der Waals surface area contributed by atoms with E-state index >= 15 is 0 Å². The fourth-order valence-corrected chi connectivity index (χ4v) is 3.97. The molecule has 1 amide bonds. The summed E-state index contributed by atoms with van der Waals surface area (Å²) in [5.41, 5.74) is 1.38. The quantitative estimate of drug-likeness (QED) is 0.481. The lowest BCUT2D eigenvalue weighted by molar-refractivity contribution is -0.116. The number of halogens is 1. The van der Waals surface area contributed by atoms with Crippen LogP contribution < -0.4 is 16.6 Å². The zero-order valence-electron chi connectivity index (χ0n) is 17.9. The van der Waals surface area contributed by atoms with Crippen molar-refractivity contribution in [3.05, 3.63) is 79.5 Å². The zero-order chi connectivity index (χ0) is 23.0. The van der Waals surface area contributed by atoms with Crippen LogP contribution >= 0.6 is 11.6 Å². The van der Waals surface area contributed by atoms with Gasteiger partial charge in [0.1, 0.15) is 17.8 Å². The van der Waals surface area contributed by atoms with Crippen LogP contribution in [0.2, 0.25) is 5.02 Å². The molecule has 0 atom stereocenters. The molecule has 3 heterocycles. The van der Waals surface area contributed by atoms with Crippen molar-refractivity contribution < 1.29 is 9.21 Å². The monoisotopic (exact) mass is 455 g/mol. The number of fused-ring (bicyclic) bond motifs is 1. The first-order valence-corrected chi connectivity index (χ1v) is 10.5. The Bertz CT molecular complexity index is 1430. The van der Waals surface area contributed by atoms with Gasteiger partial charge in [-0.1, -0.05) is 17.7 Å². The first-order chi connectivity index (χ1) is 15.3. The highest BCUT2D eigenvalue weighted by atomic mass is 35.5. The van der Waals surface area contributed by atoms with E-state index in [1.165, 1.54) is 15.5 Å². The molecule has 0 fully saturated rings. The Hall–Kier alpha value is -3.59. The Balaban J connectivity index is 1.82. The number of carbonyl (C=O) groups excluding carboxylic acids is 1. The summed E-state index contributed by atoms with van der Waals surface area (Å²) in [6.45, 7) is 5.52. The molecule has 4 aromatic rings. The first-order valence-electron chi connectivity index (χ1n) is 10.1. The summed E-state index contributed by atoms with van der Waals surface area (Å²) in [4.78, 5) is 39.4. The number of hydrogen-bond acceptors (Lipinski definition) is 5. The first kappa shape index (κ1) is 21.6. The zero-order valence-corrected chi connectivity index (χ0v) is 18.6. The Morgan fingerprint density at radius 3 is 2.59 bits per heavy atom. The van der Waals surface area contributed by atoms with Crippen molar-refractivity contribution in [1.29, 1.82) is 0 Å². The standard InChI is InChI=1S/C22H22ClN5O4/c1-4-28-20-19(14(3)25-28)26(12-18(29)24-17-8-7-13(2)10-16(17)23)22(31)27(21(20)30)11-15-6-5-9-32-15/h5-10H,4,11-12H2,1-3H3,(H,24,29). The van der Waals surface area contributed by atoms with Gasteiger partial charge in [-0.05, 0) is 50.6 Å². The molecule has 0 saturated carbocycles. The average Bonchev–Trinajstić information content (AvgIpc) is 3.38. The molecule has 1 aromatic carbocycles. The third-order valence-corrected chi connectivity index (χ3v) is 5.48. The number of hydrogen-bond donors (Lipinski definition) is 1. The minimum Gasteiger partial charge on any atom is -0.467 e. The lowest BCUT2D eigenvalue weighted by atomic mass is 10.2. The van der Waals surface area contributed by atoms with E-state index in [1.54, 1.807) is 31.2 Å². The van der Waals surface area contributed by atoms with E-state index in [4.69, 9.17) is 16.0 Å². The molecule has 0 radical (unpaired) electrons. The fraction of sp³-hybridized carbons (Fsp3) is 0.273. The van der Waals surface area contributed by atoms with Crippen molar-refractivity contribution in [2.75, 3.05) is 5.32 Å². The van der Waals surface area contributed by atoms with Gasteiger partial charge in [0.05, 0.1) is 29.2 Å². The molecule has 32 heavy (non-hydrogen) atoms. The van der Waals surface area contributed by atoms with Gasteiger partial charge in [-0.3, -0.25) is 23.4 Å². The van der Waals surface area contributed by atoms with Crippen LogP contribution in [0, 0.1) is 13.8 Å². The SMILES string of the molecule is CCn1nc(C)c2c1c(=O)n(Cc1ccco1)c(=O)n2CC(=O)Nc1ccc(C)cc1Cl. The second-order valence-corrected chi connectivity index (χ2v) is 7.88. The molecule has 0 spiro atoms. The van der Waals surface area contributed by atoms with Crippen LogP contribution in [-0.2, 0) is 24.4 Å². The van der Waals surface area contributed by atoms with Crippen molar-refractivity contribution in [2.24, 2.45) is 0 Å². The minimum absolute atomic E-state index is 0.0556. The second kappa shape index (κ2) is 8.51. The van der Waals surface area contributed by atoms with Gasteiger partial charge in [-0.25, -0.2) is 4.79 Å². The number of aryl methyl sites for hydroxylation is 3. The van der Waals surface area contributed by atoms with E-state index < -0.39 is 17.2 Å². The number of nitrogens with zero attached hydrogens (tertiary/aromatic N) is 4. The van der Waals surface area contributed by atoms with Gasteiger partial charge in [0.2, 0.25) is 5.91 Å². The molecule has 10 heteroatoms. The van der Waals surface area contributed by atoms with Gasteiger partial charge in [-0.2, -0.15) is 5.10 Å². The van der Waals surface area contributed by atoms with E-state index in [0.29, 0.717) is 34.2 Å². The van der Waals surface area contributed by atoms with E-state index in [9.17, 15) is 14.4 Å². The maximum atomic E-state index is 13.3. The van der Waals surface area contributed by atoms with Crippen LogP contribution in [0.5, 0.6) is 0 Å². The number of amides is 1. The van der Waals surface area contributed by atoms with E-state index in [-0.39, 0.29) is 18.6 Å². The predicted molar refractivity (Wildman–Crippen MR) is 121 cm³/mol. The molecule has 3 aromatic heterocycles. The van der Waals surface area contributed by atoms with Crippen LogP contribution in [0.4, 0.5) is 5.69 Å². The average molecular weight is 456 g/mol. The normalized spacial score (nSPS) is 11.2. The number of rotatable bonds is 6. The van der Waals surface area contributed by atoms with Crippen LogP contribution in [0.15, 0.2) is 50.6 Å². The van der Waals surface area contributed by atoms with Crippen LogP contribution in [0.25, 0.3) is 11.0 Å². The topological polar surface area (TPSA) is 104 Å². The van der Waals surface area contributed by atoms with E-state index in [0.717, 1.165) is 10.1 Å². The molecule has 166 valence electrons. The lowest BCUT2D eigenvalue weighted by Gasteiger charge is -2.13. The summed E-state index contributed by atoms with van der Waals surface area (Å²) >= 11 is 6.22. The molecule has 0 aliphatic carbocycles. The van der Waals surface area contributed by atoms with Crippen molar-refractivity contribution in [3.8, 4) is 0 Å². The summed E-state index contributed by atoms with van der Waals surface area (Å²) < 4.78 is 9.18. The van der Waals surface area contributed by atoms with Gasteiger partial charge in [0.25, 0.3) is 5.56 Å². The third-order valence-electron chi connectivity index (χ3n) is 5.17. The summed E-state index contributed by atoms with van der Waals surface area (Å²) in [6.07, 6.45) is 1.47. The lowest BCUT2D eigenvalue weighted by Crippen LogP contribution is -2.42. The summed E-state index contributed by atoms with van der Waals surface area (Å²) in [5.74, 6) is -0.00345. The fourth-order valence-electron chi connectivity index (χ4n) is 3.69. The van der Waals surface area contributed by atoms with Gasteiger partial charge in [0.15, 0.2) is 5.52 Å². The Labute approximate surface area is 187 Å². The summed E-state index contributed by atoms with van der Waals surface area (Å²) in [7, 11) is 0. The van der Waals surface area contributed by atoms with Crippen LogP contribution in [0.3, 0.4) is 0 Å². The van der Waals surface area contributed by atoms with Crippen molar-refractivity contribution in [3.63, 3.8) is 0 Å². The summed E-state index contributed by atoms with van der Waals surface area (Å²) in [6, 6.07) is 8.61. The van der Waals surface area contributed by atoms with Crippen LogP contribution in [-0.4, -0.2) is 24.8 Å². The molecule has 0 aliphatic rings. The number of furan rings is 1. The molecule has 0 saturated heterocycles. The maximum absolute atomic E-state index is 13.3. The Kier molecular flexibility index (Phi) is 5.75. The minimum atomic E-state index is -0.622. The molecular weight excluding hydrogens is 434 g/mol. The number of nitrogens with one attached hydrogen (secondary N) is 1. The molecule has 0 bridgehead atoms. The molecule has 0 aliphatic heterocycles. The molecular formula is C22H22ClN5O4. The Morgan fingerprint density at radius 2 is 1.94 bits per heavy atom. The van der Waals surface area contributed by atoms with Gasteiger partial charge in [-0.15, -0.1) is 0 Å². The number of anilines is 1.